The van der Waals surface area contributed by atoms with Gasteiger partial charge >= 0.3 is 6.18 Å². The van der Waals surface area contributed by atoms with E-state index in [-0.39, 0.29) is 36.8 Å². The van der Waals surface area contributed by atoms with E-state index < -0.39 is 44.9 Å². The number of pyridine rings is 1. The number of rotatable bonds is 6. The fraction of sp³-hybridized carbons (Fsp3) is 0.333. The highest BCUT2D eigenvalue weighted by Gasteiger charge is 2.33. The molecule has 1 aromatic carbocycles. The molecule has 3 rings (SSSR count). The molecule has 0 saturated carbocycles. The second kappa shape index (κ2) is 9.08. The van der Waals surface area contributed by atoms with Gasteiger partial charge in [0.15, 0.2) is 6.61 Å². The minimum Gasteiger partial charge on any atom is -0.484 e. The van der Waals surface area contributed by atoms with Crippen molar-refractivity contribution in [1.82, 2.24) is 14.2 Å². The molecule has 0 radical (unpaired) electrons. The standard InChI is InChI=1S/C18H17F3N4O6S/c19-18(20,21)12-31-13-3-4-16(25(27)28)15(10-13)17(26)23-6-8-24(9-7-23)32(29,30)14-2-1-5-22-11-14/h1-5,10-11H,6-9,12H2. The summed E-state index contributed by atoms with van der Waals surface area (Å²) < 4.78 is 68.2. The van der Waals surface area contributed by atoms with Crippen molar-refractivity contribution >= 4 is 21.6 Å². The maximum atomic E-state index is 12.9. The number of aromatic nitrogens is 1. The van der Waals surface area contributed by atoms with Gasteiger partial charge in [0.2, 0.25) is 10.0 Å². The van der Waals surface area contributed by atoms with Gasteiger partial charge in [0.25, 0.3) is 11.6 Å². The number of hydrogen-bond donors (Lipinski definition) is 0. The zero-order valence-electron chi connectivity index (χ0n) is 16.4. The van der Waals surface area contributed by atoms with Crippen LogP contribution in [0.5, 0.6) is 5.75 Å². The van der Waals surface area contributed by atoms with E-state index in [0.717, 1.165) is 22.5 Å². The molecular weight excluding hydrogens is 457 g/mol. The van der Waals surface area contributed by atoms with Gasteiger partial charge in [-0.05, 0) is 24.3 Å². The van der Waals surface area contributed by atoms with Crippen LogP contribution in [0, 0.1) is 10.1 Å². The van der Waals surface area contributed by atoms with Crippen molar-refractivity contribution in [3.63, 3.8) is 0 Å². The summed E-state index contributed by atoms with van der Waals surface area (Å²) in [4.78, 5) is 28.3. The molecule has 1 fully saturated rings. The number of ether oxygens (including phenoxy) is 1. The van der Waals surface area contributed by atoms with E-state index >= 15 is 0 Å². The third-order valence-electron chi connectivity index (χ3n) is 4.60. The molecule has 1 amide bonds. The van der Waals surface area contributed by atoms with Crippen molar-refractivity contribution in [2.45, 2.75) is 11.1 Å². The number of amides is 1. The lowest BCUT2D eigenvalue weighted by molar-refractivity contribution is -0.385. The number of hydrogen-bond acceptors (Lipinski definition) is 7. The Morgan fingerprint density at radius 1 is 1.19 bits per heavy atom. The number of carbonyl (C=O) groups is 1. The van der Waals surface area contributed by atoms with Gasteiger partial charge in [-0.25, -0.2) is 8.42 Å². The van der Waals surface area contributed by atoms with Gasteiger partial charge < -0.3 is 9.64 Å². The molecule has 14 heteroatoms. The summed E-state index contributed by atoms with van der Waals surface area (Å²) >= 11 is 0. The number of alkyl halides is 3. The molecule has 32 heavy (non-hydrogen) atoms. The molecule has 10 nitrogen and oxygen atoms in total. The lowest BCUT2D eigenvalue weighted by Gasteiger charge is -2.33. The molecule has 2 heterocycles. The Kier molecular flexibility index (Phi) is 6.64. The van der Waals surface area contributed by atoms with E-state index in [1.807, 2.05) is 0 Å². The van der Waals surface area contributed by atoms with Crippen molar-refractivity contribution < 1.29 is 36.0 Å². The van der Waals surface area contributed by atoms with Crippen LogP contribution in [0.1, 0.15) is 10.4 Å². The summed E-state index contributed by atoms with van der Waals surface area (Å²) in [6.07, 6.45) is -2.00. The summed E-state index contributed by atoms with van der Waals surface area (Å²) in [6.45, 7) is -1.89. The van der Waals surface area contributed by atoms with E-state index in [0.29, 0.717) is 0 Å². The number of carbonyl (C=O) groups excluding carboxylic acids is 1. The zero-order chi connectivity index (χ0) is 23.5. The van der Waals surface area contributed by atoms with E-state index in [2.05, 4.69) is 9.72 Å². The Bertz CT molecular complexity index is 1100. The summed E-state index contributed by atoms with van der Waals surface area (Å²) in [6, 6.07) is 5.60. The smallest absolute Gasteiger partial charge is 0.422 e. The third-order valence-corrected chi connectivity index (χ3v) is 6.48. The Morgan fingerprint density at radius 2 is 1.88 bits per heavy atom. The zero-order valence-corrected chi connectivity index (χ0v) is 17.2. The van der Waals surface area contributed by atoms with Crippen LogP contribution in [0.25, 0.3) is 0 Å². The molecule has 0 bridgehead atoms. The Morgan fingerprint density at radius 3 is 2.44 bits per heavy atom. The summed E-state index contributed by atoms with van der Waals surface area (Å²) in [5.41, 5.74) is -1.04. The monoisotopic (exact) mass is 474 g/mol. The molecule has 1 aliphatic heterocycles. The van der Waals surface area contributed by atoms with Crippen molar-refractivity contribution in [2.75, 3.05) is 32.8 Å². The molecule has 0 atom stereocenters. The number of sulfonamides is 1. The predicted molar refractivity (Wildman–Crippen MR) is 104 cm³/mol. The van der Waals surface area contributed by atoms with E-state index in [1.54, 1.807) is 0 Å². The predicted octanol–water partition coefficient (Wildman–Crippen LogP) is 2.08. The van der Waals surface area contributed by atoms with Gasteiger partial charge in [-0.1, -0.05) is 0 Å². The molecule has 0 N–H and O–H groups in total. The molecule has 172 valence electrons. The average molecular weight is 474 g/mol. The fourth-order valence-corrected chi connectivity index (χ4v) is 4.44. The molecule has 2 aromatic rings. The van der Waals surface area contributed by atoms with Gasteiger partial charge in [0.05, 0.1) is 4.92 Å². The first-order valence-electron chi connectivity index (χ1n) is 9.16. The van der Waals surface area contributed by atoms with Crippen molar-refractivity contribution in [3.8, 4) is 5.75 Å². The highest BCUT2D eigenvalue weighted by molar-refractivity contribution is 7.89. The van der Waals surface area contributed by atoms with Gasteiger partial charge in [0.1, 0.15) is 16.2 Å². The maximum absolute atomic E-state index is 12.9. The number of nitro groups is 1. The SMILES string of the molecule is O=C(c1cc(OCC(F)(F)F)ccc1[N+](=O)[O-])N1CCN(S(=O)(=O)c2cccnc2)CC1. The third kappa shape index (κ3) is 5.31. The normalized spacial score (nSPS) is 15.4. The molecule has 1 aromatic heterocycles. The second-order valence-corrected chi connectivity index (χ2v) is 8.66. The molecule has 1 saturated heterocycles. The highest BCUT2D eigenvalue weighted by atomic mass is 32.2. The quantitative estimate of drug-likeness (QED) is 0.464. The van der Waals surface area contributed by atoms with Crippen LogP contribution in [0.15, 0.2) is 47.6 Å². The molecular formula is C18H17F3N4O6S. The lowest BCUT2D eigenvalue weighted by Crippen LogP contribution is -2.50. The van der Waals surface area contributed by atoms with Crippen molar-refractivity contribution in [1.29, 1.82) is 0 Å². The van der Waals surface area contributed by atoms with E-state index in [9.17, 15) is 36.5 Å². The summed E-state index contributed by atoms with van der Waals surface area (Å²) in [5, 5.41) is 11.3. The van der Waals surface area contributed by atoms with Crippen LogP contribution < -0.4 is 4.74 Å². The highest BCUT2D eigenvalue weighted by Crippen LogP contribution is 2.28. The molecule has 0 unspecified atom stereocenters. The van der Waals surface area contributed by atoms with E-state index in [4.69, 9.17) is 0 Å². The van der Waals surface area contributed by atoms with Gasteiger partial charge in [-0.15, -0.1) is 0 Å². The minimum absolute atomic E-state index is 0.00933. The first-order chi connectivity index (χ1) is 15.0. The summed E-state index contributed by atoms with van der Waals surface area (Å²) in [5.74, 6) is -1.17. The average Bonchev–Trinajstić information content (AvgIpc) is 2.77. The molecule has 1 aliphatic rings. The number of nitro benzene ring substituents is 1. The van der Waals surface area contributed by atoms with Crippen LogP contribution in [0.3, 0.4) is 0 Å². The Labute approximate surface area is 180 Å². The van der Waals surface area contributed by atoms with Crippen LogP contribution >= 0.6 is 0 Å². The lowest BCUT2D eigenvalue weighted by atomic mass is 10.1. The minimum atomic E-state index is -4.62. The maximum Gasteiger partial charge on any atom is 0.422 e. The van der Waals surface area contributed by atoms with Gasteiger partial charge in [0, 0.05) is 44.6 Å². The van der Waals surface area contributed by atoms with Gasteiger partial charge in [-0.2, -0.15) is 17.5 Å². The Hall–Kier alpha value is -3.26. The largest absolute Gasteiger partial charge is 0.484 e. The Balaban J connectivity index is 1.76. The first kappa shape index (κ1) is 23.4. The van der Waals surface area contributed by atoms with Crippen LogP contribution in [0.4, 0.5) is 18.9 Å². The van der Waals surface area contributed by atoms with Crippen LogP contribution in [-0.2, 0) is 10.0 Å². The number of nitrogens with zero attached hydrogens (tertiary/aromatic N) is 4. The van der Waals surface area contributed by atoms with Crippen LogP contribution in [-0.4, -0.2) is 72.4 Å². The molecule has 0 aliphatic carbocycles. The number of piperazine rings is 1. The van der Waals surface area contributed by atoms with Crippen molar-refractivity contribution in [2.24, 2.45) is 0 Å². The topological polar surface area (TPSA) is 123 Å². The number of halogens is 3. The first-order valence-corrected chi connectivity index (χ1v) is 10.6. The van der Waals surface area contributed by atoms with Crippen molar-refractivity contribution in [3.05, 3.63) is 58.4 Å². The van der Waals surface area contributed by atoms with Crippen LogP contribution in [0.2, 0.25) is 0 Å². The summed E-state index contributed by atoms with van der Waals surface area (Å²) in [7, 11) is -3.83. The molecule has 0 spiro atoms. The number of benzene rings is 1. The fourth-order valence-electron chi connectivity index (χ4n) is 3.05. The van der Waals surface area contributed by atoms with E-state index in [1.165, 1.54) is 29.4 Å². The second-order valence-electron chi connectivity index (χ2n) is 6.72. The van der Waals surface area contributed by atoms with Gasteiger partial charge in [-0.3, -0.25) is 19.9 Å².